The number of carbonyl (C=O) groups is 1. The molecule has 2 aromatic heterocycles. The number of hydrogen-bond donors (Lipinski definition) is 3. The Morgan fingerprint density at radius 1 is 1.00 bits per heavy atom. The summed E-state index contributed by atoms with van der Waals surface area (Å²) in [6.45, 7) is 0. The minimum atomic E-state index is -0.679. The lowest BCUT2D eigenvalue weighted by atomic mass is 10.2. The monoisotopic (exact) mass is 390 g/mol. The average molecular weight is 390 g/mol. The van der Waals surface area contributed by atoms with Crippen LogP contribution in [0.3, 0.4) is 0 Å². The maximum atomic E-state index is 13.7. The Kier molecular flexibility index (Phi) is 4.85. The van der Waals surface area contributed by atoms with Crippen LogP contribution in [0, 0.1) is 5.82 Å². The number of anilines is 2. The Bertz CT molecular complexity index is 1200. The number of nitrogens with one attached hydrogen (secondary N) is 2. The third kappa shape index (κ3) is 3.74. The number of fused-ring (bicyclic) bond motifs is 1. The van der Waals surface area contributed by atoms with Gasteiger partial charge < -0.3 is 10.5 Å². The van der Waals surface area contributed by atoms with Crippen molar-refractivity contribution in [1.82, 2.24) is 20.4 Å². The molecule has 8 nitrogen and oxygen atoms in total. The van der Waals surface area contributed by atoms with Crippen molar-refractivity contribution in [2.75, 3.05) is 11.2 Å². The van der Waals surface area contributed by atoms with E-state index in [1.54, 1.807) is 18.3 Å². The van der Waals surface area contributed by atoms with Crippen LogP contribution in [0.15, 0.2) is 67.1 Å². The number of carbonyl (C=O) groups excluding carboxylic acids is 1. The molecule has 4 N–H and O–H groups in total. The molecule has 0 spiro atoms. The van der Waals surface area contributed by atoms with Gasteiger partial charge in [0.25, 0.3) is 5.91 Å². The lowest BCUT2D eigenvalue weighted by molar-refractivity contribution is 0.0958. The molecule has 0 fully saturated rings. The van der Waals surface area contributed by atoms with Gasteiger partial charge in [-0.25, -0.2) is 9.37 Å². The smallest absolute Gasteiger partial charge is 0.272 e. The average Bonchev–Trinajstić information content (AvgIpc) is 2.75. The number of pyridine rings is 1. The second kappa shape index (κ2) is 7.77. The van der Waals surface area contributed by atoms with E-state index < -0.39 is 11.7 Å². The quantitative estimate of drug-likeness (QED) is 0.448. The summed E-state index contributed by atoms with van der Waals surface area (Å²) in [5.41, 5.74) is 11.6. The minimum Gasteiger partial charge on any atom is -0.435 e. The second-order valence-electron chi connectivity index (χ2n) is 5.93. The van der Waals surface area contributed by atoms with Crippen molar-refractivity contribution in [2.45, 2.75) is 0 Å². The summed E-state index contributed by atoms with van der Waals surface area (Å²) < 4.78 is 19.5. The molecule has 0 radical (unpaired) electrons. The molecule has 144 valence electrons. The summed E-state index contributed by atoms with van der Waals surface area (Å²) in [5.74, 6) is -0.666. The Labute approximate surface area is 164 Å². The van der Waals surface area contributed by atoms with Crippen LogP contribution in [0.25, 0.3) is 10.9 Å². The maximum absolute atomic E-state index is 13.7. The van der Waals surface area contributed by atoms with E-state index in [9.17, 15) is 9.18 Å². The number of nitrogen functional groups attached to an aromatic ring is 1. The first-order chi connectivity index (χ1) is 14.1. The van der Waals surface area contributed by atoms with E-state index in [0.717, 1.165) is 5.39 Å². The van der Waals surface area contributed by atoms with Crippen LogP contribution in [0.1, 0.15) is 10.4 Å². The largest absolute Gasteiger partial charge is 0.435 e. The third-order valence-electron chi connectivity index (χ3n) is 4.06. The van der Waals surface area contributed by atoms with Crippen molar-refractivity contribution < 1.29 is 13.9 Å². The van der Waals surface area contributed by atoms with Crippen molar-refractivity contribution in [3.63, 3.8) is 0 Å². The van der Waals surface area contributed by atoms with E-state index >= 15 is 0 Å². The number of hydrogen-bond acceptors (Lipinski definition) is 7. The molecule has 0 atom stereocenters. The number of nitrogens with zero attached hydrogens (tertiary/aromatic N) is 3. The summed E-state index contributed by atoms with van der Waals surface area (Å²) in [7, 11) is 0. The van der Waals surface area contributed by atoms with Crippen LogP contribution < -0.4 is 21.3 Å². The number of para-hydroxylation sites is 1. The standard InChI is InChI=1S/C20H15FN6O2/c21-14-8-2-1-7-13(14)19(28)27-26-18-16(22)20(25-11-24-18)29-15-9-3-5-12-6-4-10-23-17(12)15/h1-11H,22H2,(H,27,28)(H,24,25,26). The van der Waals surface area contributed by atoms with Gasteiger partial charge >= 0.3 is 0 Å². The van der Waals surface area contributed by atoms with E-state index in [0.29, 0.717) is 11.3 Å². The minimum absolute atomic E-state index is 0.0641. The van der Waals surface area contributed by atoms with Gasteiger partial charge in [0.1, 0.15) is 23.3 Å². The highest BCUT2D eigenvalue weighted by molar-refractivity contribution is 5.95. The van der Waals surface area contributed by atoms with Crippen LogP contribution in [-0.2, 0) is 0 Å². The van der Waals surface area contributed by atoms with Gasteiger partial charge in [-0.1, -0.05) is 30.3 Å². The fourth-order valence-electron chi connectivity index (χ4n) is 2.65. The van der Waals surface area contributed by atoms with Gasteiger partial charge in [-0.15, -0.1) is 0 Å². The van der Waals surface area contributed by atoms with Crippen LogP contribution in [0.5, 0.6) is 11.6 Å². The Hall–Kier alpha value is -4.27. The number of nitrogens with two attached hydrogens (primary N) is 1. The molecule has 0 aliphatic heterocycles. The topological polar surface area (TPSA) is 115 Å². The highest BCUT2D eigenvalue weighted by Gasteiger charge is 2.15. The number of ether oxygens (including phenoxy) is 1. The van der Waals surface area contributed by atoms with Gasteiger partial charge in [-0.05, 0) is 24.3 Å². The fourth-order valence-corrected chi connectivity index (χ4v) is 2.65. The number of hydrazine groups is 1. The van der Waals surface area contributed by atoms with Gasteiger partial charge in [0.15, 0.2) is 11.6 Å². The predicted molar refractivity (Wildman–Crippen MR) is 106 cm³/mol. The van der Waals surface area contributed by atoms with Crippen molar-refractivity contribution in [2.24, 2.45) is 0 Å². The molecule has 0 saturated carbocycles. The number of amides is 1. The Morgan fingerprint density at radius 3 is 2.69 bits per heavy atom. The van der Waals surface area contributed by atoms with E-state index in [4.69, 9.17) is 10.5 Å². The van der Waals surface area contributed by atoms with Gasteiger partial charge in [0.05, 0.1) is 5.56 Å². The van der Waals surface area contributed by atoms with E-state index in [1.807, 2.05) is 24.3 Å². The summed E-state index contributed by atoms with van der Waals surface area (Å²) in [4.78, 5) is 24.5. The van der Waals surface area contributed by atoms with Crippen LogP contribution >= 0.6 is 0 Å². The highest BCUT2D eigenvalue weighted by atomic mass is 19.1. The number of rotatable bonds is 5. The van der Waals surface area contributed by atoms with E-state index in [-0.39, 0.29) is 22.9 Å². The first-order valence-electron chi connectivity index (χ1n) is 8.56. The molecule has 4 rings (SSSR count). The van der Waals surface area contributed by atoms with Gasteiger partial charge in [-0.2, -0.15) is 4.98 Å². The van der Waals surface area contributed by atoms with E-state index in [1.165, 1.54) is 24.5 Å². The summed E-state index contributed by atoms with van der Waals surface area (Å²) in [6.07, 6.45) is 2.88. The molecule has 9 heteroatoms. The van der Waals surface area contributed by atoms with Gasteiger partial charge in [0, 0.05) is 11.6 Å². The predicted octanol–water partition coefficient (Wildman–Crippen LogP) is 3.30. The molecule has 0 bridgehead atoms. The molecular weight excluding hydrogens is 375 g/mol. The molecule has 29 heavy (non-hydrogen) atoms. The molecule has 0 unspecified atom stereocenters. The zero-order valence-corrected chi connectivity index (χ0v) is 15.0. The molecule has 1 amide bonds. The maximum Gasteiger partial charge on any atom is 0.272 e. The summed E-state index contributed by atoms with van der Waals surface area (Å²) >= 11 is 0. The number of halogens is 1. The third-order valence-corrected chi connectivity index (χ3v) is 4.06. The Morgan fingerprint density at radius 2 is 1.83 bits per heavy atom. The number of benzene rings is 2. The van der Waals surface area contributed by atoms with Crippen molar-refractivity contribution in [3.05, 3.63) is 78.5 Å². The van der Waals surface area contributed by atoms with Crippen molar-refractivity contribution in [1.29, 1.82) is 0 Å². The summed E-state index contributed by atoms with van der Waals surface area (Å²) in [5, 5.41) is 0.896. The molecule has 0 saturated heterocycles. The zero-order chi connectivity index (χ0) is 20.2. The molecular formula is C20H15FN6O2. The fraction of sp³-hybridized carbons (Fsp3) is 0. The normalized spacial score (nSPS) is 10.5. The second-order valence-corrected chi connectivity index (χ2v) is 5.93. The van der Waals surface area contributed by atoms with Gasteiger partial charge in [-0.3, -0.25) is 20.6 Å². The lowest BCUT2D eigenvalue weighted by Gasteiger charge is -2.13. The zero-order valence-electron chi connectivity index (χ0n) is 15.0. The molecule has 2 aromatic carbocycles. The molecule has 0 aliphatic rings. The molecule has 2 heterocycles. The van der Waals surface area contributed by atoms with Crippen LogP contribution in [-0.4, -0.2) is 20.9 Å². The van der Waals surface area contributed by atoms with Crippen molar-refractivity contribution in [3.8, 4) is 11.6 Å². The van der Waals surface area contributed by atoms with Crippen molar-refractivity contribution >= 4 is 28.3 Å². The lowest BCUT2D eigenvalue weighted by Crippen LogP contribution is -2.31. The Balaban J connectivity index is 1.55. The van der Waals surface area contributed by atoms with Crippen LogP contribution in [0.4, 0.5) is 15.9 Å². The molecule has 4 aromatic rings. The number of aromatic nitrogens is 3. The first-order valence-corrected chi connectivity index (χ1v) is 8.56. The van der Waals surface area contributed by atoms with Crippen LogP contribution in [0.2, 0.25) is 0 Å². The first kappa shape index (κ1) is 18.1. The molecule has 0 aliphatic carbocycles. The summed E-state index contributed by atoms with van der Waals surface area (Å²) in [6, 6.07) is 14.8. The van der Waals surface area contributed by atoms with E-state index in [2.05, 4.69) is 25.8 Å². The highest BCUT2D eigenvalue weighted by Crippen LogP contribution is 2.32. The van der Waals surface area contributed by atoms with Gasteiger partial charge in [0.2, 0.25) is 5.88 Å². The SMILES string of the molecule is Nc1c(NNC(=O)c2ccccc2F)ncnc1Oc1cccc2cccnc12.